The van der Waals surface area contributed by atoms with Crippen molar-refractivity contribution < 1.29 is 9.13 Å². The minimum Gasteiger partial charge on any atom is -0.377 e. The van der Waals surface area contributed by atoms with Gasteiger partial charge in [-0.2, -0.15) is 0 Å². The lowest BCUT2D eigenvalue weighted by Crippen LogP contribution is -2.41. The third kappa shape index (κ3) is 3.11. The van der Waals surface area contributed by atoms with Gasteiger partial charge in [-0.25, -0.2) is 4.39 Å². The van der Waals surface area contributed by atoms with Crippen LogP contribution in [0.2, 0.25) is 0 Å². The molecule has 0 saturated carbocycles. The summed E-state index contributed by atoms with van der Waals surface area (Å²) in [6, 6.07) is 13.8. The second-order valence-electron chi connectivity index (χ2n) is 7.70. The van der Waals surface area contributed by atoms with E-state index in [1.807, 2.05) is 19.2 Å². The lowest BCUT2D eigenvalue weighted by Gasteiger charge is -2.40. The lowest BCUT2D eigenvalue weighted by atomic mass is 9.73. The molecule has 4 rings (SSSR count). The zero-order chi connectivity index (χ0) is 17.4. The number of methoxy groups -OCH3 is 1. The Bertz CT molecular complexity index is 747. The Labute approximate surface area is 149 Å². The highest BCUT2D eigenvalue weighted by Crippen LogP contribution is 2.52. The zero-order valence-electron chi connectivity index (χ0n) is 15.1. The predicted octanol–water partition coefficient (Wildman–Crippen LogP) is 4.76. The summed E-state index contributed by atoms with van der Waals surface area (Å²) in [7, 11) is 1.83. The van der Waals surface area contributed by atoms with Crippen LogP contribution in [0.3, 0.4) is 0 Å². The smallest absolute Gasteiger partial charge is 0.123 e. The van der Waals surface area contributed by atoms with E-state index in [1.54, 1.807) is 12.1 Å². The van der Waals surface area contributed by atoms with Crippen molar-refractivity contribution in [3.05, 3.63) is 70.5 Å². The summed E-state index contributed by atoms with van der Waals surface area (Å²) in [6.07, 6.45) is 3.68. The Morgan fingerprint density at radius 2 is 1.84 bits per heavy atom. The van der Waals surface area contributed by atoms with Crippen molar-refractivity contribution in [2.45, 2.75) is 44.2 Å². The average Bonchev–Trinajstić information content (AvgIpc) is 2.92. The van der Waals surface area contributed by atoms with E-state index in [0.717, 1.165) is 26.1 Å². The number of fused-ring (bicyclic) bond motifs is 2. The number of aryl methyl sites for hydroxylation is 1. The summed E-state index contributed by atoms with van der Waals surface area (Å²) < 4.78 is 18.9. The molecule has 0 bridgehead atoms. The van der Waals surface area contributed by atoms with Crippen molar-refractivity contribution in [2.24, 2.45) is 0 Å². The van der Waals surface area contributed by atoms with Crippen molar-refractivity contribution in [3.8, 4) is 0 Å². The molecule has 1 spiro atoms. The lowest BCUT2D eigenvalue weighted by molar-refractivity contribution is 0.0687. The molecule has 1 fully saturated rings. The van der Waals surface area contributed by atoms with E-state index in [1.165, 1.54) is 35.1 Å². The van der Waals surface area contributed by atoms with Crippen molar-refractivity contribution in [2.75, 3.05) is 20.2 Å². The van der Waals surface area contributed by atoms with E-state index in [4.69, 9.17) is 4.74 Å². The van der Waals surface area contributed by atoms with Crippen molar-refractivity contribution >= 4 is 0 Å². The van der Waals surface area contributed by atoms with Gasteiger partial charge in [0.05, 0.1) is 6.10 Å². The van der Waals surface area contributed by atoms with Crippen LogP contribution in [0.1, 0.15) is 47.6 Å². The first-order chi connectivity index (χ1) is 12.1. The second-order valence-corrected chi connectivity index (χ2v) is 7.70. The molecule has 2 aromatic carbocycles. The standard InChI is InChI=1S/C22H26FNO/c1-16-3-8-20-19(13-16)21(25-2)14-22(20)9-11-24(12-10-22)15-17-4-6-18(23)7-5-17/h3-8,13,21H,9-12,14-15H2,1-2H3/t21-/m1/s1. The zero-order valence-corrected chi connectivity index (χ0v) is 15.1. The number of likely N-dealkylation sites (tertiary alicyclic amines) is 1. The van der Waals surface area contributed by atoms with Crippen LogP contribution in [-0.2, 0) is 16.7 Å². The molecule has 2 aliphatic rings. The van der Waals surface area contributed by atoms with Gasteiger partial charge in [0.2, 0.25) is 0 Å². The van der Waals surface area contributed by atoms with Gasteiger partial charge in [0.1, 0.15) is 5.82 Å². The summed E-state index contributed by atoms with van der Waals surface area (Å²) in [5.74, 6) is -0.162. The van der Waals surface area contributed by atoms with Gasteiger partial charge < -0.3 is 4.74 Å². The van der Waals surface area contributed by atoms with Crippen LogP contribution < -0.4 is 0 Å². The van der Waals surface area contributed by atoms with E-state index in [-0.39, 0.29) is 17.3 Å². The average molecular weight is 339 g/mol. The Kier molecular flexibility index (Phi) is 4.38. The number of piperidine rings is 1. The van der Waals surface area contributed by atoms with Crippen LogP contribution in [-0.4, -0.2) is 25.1 Å². The van der Waals surface area contributed by atoms with Crippen molar-refractivity contribution in [3.63, 3.8) is 0 Å². The van der Waals surface area contributed by atoms with Crippen LogP contribution >= 0.6 is 0 Å². The van der Waals surface area contributed by atoms with E-state index in [0.29, 0.717) is 0 Å². The van der Waals surface area contributed by atoms with E-state index in [9.17, 15) is 4.39 Å². The molecule has 0 amide bonds. The molecule has 132 valence electrons. The minimum atomic E-state index is -0.162. The molecular formula is C22H26FNO. The van der Waals surface area contributed by atoms with Gasteiger partial charge in [0.25, 0.3) is 0 Å². The van der Waals surface area contributed by atoms with Crippen LogP contribution in [0.25, 0.3) is 0 Å². The molecule has 1 aliphatic heterocycles. The molecular weight excluding hydrogens is 313 g/mol. The van der Waals surface area contributed by atoms with Gasteiger partial charge in [-0.05, 0) is 68.1 Å². The summed E-state index contributed by atoms with van der Waals surface area (Å²) in [5, 5.41) is 0. The molecule has 0 aromatic heterocycles. The Balaban J connectivity index is 1.49. The molecule has 25 heavy (non-hydrogen) atoms. The van der Waals surface area contributed by atoms with E-state index < -0.39 is 0 Å². The number of nitrogens with zero attached hydrogens (tertiary/aromatic N) is 1. The van der Waals surface area contributed by atoms with Gasteiger partial charge in [0.15, 0.2) is 0 Å². The third-order valence-electron chi connectivity index (χ3n) is 6.12. The molecule has 2 aromatic rings. The fourth-order valence-electron chi connectivity index (χ4n) is 4.68. The first-order valence-corrected chi connectivity index (χ1v) is 9.20. The fraction of sp³-hybridized carbons (Fsp3) is 0.455. The molecule has 2 nitrogen and oxygen atoms in total. The number of benzene rings is 2. The summed E-state index contributed by atoms with van der Waals surface area (Å²) in [4.78, 5) is 2.49. The number of halogens is 1. The topological polar surface area (TPSA) is 12.5 Å². The van der Waals surface area contributed by atoms with Crippen LogP contribution in [0.15, 0.2) is 42.5 Å². The van der Waals surface area contributed by atoms with Gasteiger partial charge in [0, 0.05) is 19.1 Å². The maximum absolute atomic E-state index is 13.1. The van der Waals surface area contributed by atoms with E-state index >= 15 is 0 Å². The summed E-state index contributed by atoms with van der Waals surface area (Å²) in [5.41, 5.74) is 5.67. The summed E-state index contributed by atoms with van der Waals surface area (Å²) in [6.45, 7) is 5.23. The summed E-state index contributed by atoms with van der Waals surface area (Å²) >= 11 is 0. The highest BCUT2D eigenvalue weighted by atomic mass is 19.1. The van der Waals surface area contributed by atoms with Crippen LogP contribution in [0.5, 0.6) is 0 Å². The largest absolute Gasteiger partial charge is 0.377 e. The SMILES string of the molecule is CO[C@@H]1CC2(CCN(Cc3ccc(F)cc3)CC2)c2ccc(C)cc21. The number of hydrogen-bond acceptors (Lipinski definition) is 2. The number of ether oxygens (including phenoxy) is 1. The fourth-order valence-corrected chi connectivity index (χ4v) is 4.68. The van der Waals surface area contributed by atoms with Crippen LogP contribution in [0.4, 0.5) is 4.39 Å². The molecule has 1 atom stereocenters. The normalized spacial score (nSPS) is 22.3. The molecule has 0 N–H and O–H groups in total. The third-order valence-corrected chi connectivity index (χ3v) is 6.12. The van der Waals surface area contributed by atoms with E-state index in [2.05, 4.69) is 30.0 Å². The maximum atomic E-state index is 13.1. The molecule has 1 aliphatic carbocycles. The first-order valence-electron chi connectivity index (χ1n) is 9.20. The maximum Gasteiger partial charge on any atom is 0.123 e. The molecule has 0 radical (unpaired) electrons. The van der Waals surface area contributed by atoms with Crippen LogP contribution in [0, 0.1) is 12.7 Å². The predicted molar refractivity (Wildman–Crippen MR) is 98.1 cm³/mol. The number of hydrogen-bond donors (Lipinski definition) is 0. The molecule has 1 saturated heterocycles. The highest BCUT2D eigenvalue weighted by molar-refractivity contribution is 5.44. The van der Waals surface area contributed by atoms with Gasteiger partial charge in [-0.3, -0.25) is 4.90 Å². The minimum absolute atomic E-state index is 0.162. The van der Waals surface area contributed by atoms with Crippen molar-refractivity contribution in [1.29, 1.82) is 0 Å². The van der Waals surface area contributed by atoms with Gasteiger partial charge >= 0.3 is 0 Å². The molecule has 3 heteroatoms. The quantitative estimate of drug-likeness (QED) is 0.799. The Hall–Kier alpha value is -1.71. The van der Waals surface area contributed by atoms with Gasteiger partial charge in [-0.15, -0.1) is 0 Å². The Morgan fingerprint density at radius 1 is 1.12 bits per heavy atom. The van der Waals surface area contributed by atoms with Crippen molar-refractivity contribution in [1.82, 2.24) is 4.90 Å². The number of rotatable bonds is 3. The Morgan fingerprint density at radius 3 is 2.52 bits per heavy atom. The monoisotopic (exact) mass is 339 g/mol. The molecule has 0 unspecified atom stereocenters. The second kappa shape index (κ2) is 6.54. The first kappa shape index (κ1) is 16.7. The molecule has 1 heterocycles. The highest BCUT2D eigenvalue weighted by Gasteiger charge is 2.45. The van der Waals surface area contributed by atoms with Gasteiger partial charge in [-0.1, -0.05) is 35.9 Å².